The van der Waals surface area contributed by atoms with Crippen molar-refractivity contribution in [3.63, 3.8) is 0 Å². The summed E-state index contributed by atoms with van der Waals surface area (Å²) in [5, 5.41) is 9.46. The van der Waals surface area contributed by atoms with E-state index >= 15 is 0 Å². The Hall–Kier alpha value is -7.82. The number of furan rings is 2. The molecule has 0 spiro atoms. The first-order valence-corrected chi connectivity index (χ1v) is 19.7. The lowest BCUT2D eigenvalue weighted by molar-refractivity contribution is 0.668. The molecule has 0 aliphatic rings. The van der Waals surface area contributed by atoms with E-state index in [0.717, 1.165) is 77.5 Å². The van der Waals surface area contributed by atoms with Crippen molar-refractivity contribution >= 4 is 87.5 Å². The Morgan fingerprint density at radius 1 is 0.241 bits per heavy atom. The Morgan fingerprint density at radius 2 is 0.534 bits per heavy atom. The monoisotopic (exact) mass is 740 g/mol. The lowest BCUT2D eigenvalue weighted by Gasteiger charge is -2.07. The SMILES string of the molecule is c1ccc2c(c1)c1ccccc1n2-c1ccc2c(c1)oc1cc(-c3ccc(-c4ccc5c(c4)oc4cc(-n6c7ccccc7c7ccccc76)ccc45)cc3)ccc12. The standard InChI is InChI=1S/C54H32N2O2/c1-5-13-47-39(9-1)40-10-2-6-14-48(40)55(47)37-23-27-45-43-25-21-35(29-51(43)57-53(45)31-37)33-17-19-34(20-18-33)36-22-26-44-46-28-24-38(32-54(46)58-52(44)30-36)56-49-15-7-3-11-41(49)42-12-4-8-16-50(42)56/h1-32H. The van der Waals surface area contributed by atoms with E-state index in [0.29, 0.717) is 0 Å². The van der Waals surface area contributed by atoms with Crippen molar-refractivity contribution in [2.75, 3.05) is 0 Å². The van der Waals surface area contributed by atoms with Crippen molar-refractivity contribution in [3.8, 4) is 33.6 Å². The zero-order valence-corrected chi connectivity index (χ0v) is 31.2. The summed E-state index contributed by atoms with van der Waals surface area (Å²) in [6.07, 6.45) is 0. The fraction of sp³-hybridized carbons (Fsp3) is 0. The van der Waals surface area contributed by atoms with Crippen LogP contribution in [0.3, 0.4) is 0 Å². The van der Waals surface area contributed by atoms with Gasteiger partial charge < -0.3 is 18.0 Å². The summed E-state index contributed by atoms with van der Waals surface area (Å²) < 4.78 is 17.8. The highest BCUT2D eigenvalue weighted by molar-refractivity contribution is 6.12. The van der Waals surface area contributed by atoms with Crippen LogP contribution in [0.5, 0.6) is 0 Å². The van der Waals surface area contributed by atoms with Crippen LogP contribution in [0.25, 0.3) is 121 Å². The van der Waals surface area contributed by atoms with E-state index in [1.54, 1.807) is 0 Å². The number of hydrogen-bond donors (Lipinski definition) is 0. The molecule has 58 heavy (non-hydrogen) atoms. The van der Waals surface area contributed by atoms with Gasteiger partial charge in [-0.15, -0.1) is 0 Å². The molecule has 4 heterocycles. The second kappa shape index (κ2) is 11.8. The van der Waals surface area contributed by atoms with Gasteiger partial charge in [-0.3, -0.25) is 0 Å². The summed E-state index contributed by atoms with van der Waals surface area (Å²) in [4.78, 5) is 0. The van der Waals surface area contributed by atoms with E-state index < -0.39 is 0 Å². The highest BCUT2D eigenvalue weighted by atomic mass is 16.3. The first-order valence-electron chi connectivity index (χ1n) is 19.7. The van der Waals surface area contributed by atoms with Crippen LogP contribution in [0.4, 0.5) is 0 Å². The highest BCUT2D eigenvalue weighted by Gasteiger charge is 2.17. The minimum absolute atomic E-state index is 0.880. The van der Waals surface area contributed by atoms with E-state index in [-0.39, 0.29) is 0 Å². The molecule has 270 valence electrons. The van der Waals surface area contributed by atoms with Gasteiger partial charge in [0.05, 0.1) is 22.1 Å². The Balaban J connectivity index is 0.828. The summed E-state index contributed by atoms with van der Waals surface area (Å²) >= 11 is 0. The highest BCUT2D eigenvalue weighted by Crippen LogP contribution is 2.39. The third-order valence-corrected chi connectivity index (χ3v) is 12.1. The normalized spacial score (nSPS) is 12.1. The number of nitrogens with zero attached hydrogens (tertiary/aromatic N) is 2. The second-order valence-electron chi connectivity index (χ2n) is 15.3. The maximum Gasteiger partial charge on any atom is 0.137 e. The van der Waals surface area contributed by atoms with Gasteiger partial charge >= 0.3 is 0 Å². The van der Waals surface area contributed by atoms with Crippen LogP contribution in [0.2, 0.25) is 0 Å². The molecule has 0 saturated carbocycles. The maximum absolute atomic E-state index is 6.58. The first kappa shape index (κ1) is 31.4. The zero-order chi connectivity index (χ0) is 37.9. The molecule has 4 heteroatoms. The van der Waals surface area contributed by atoms with Crippen molar-refractivity contribution in [3.05, 3.63) is 194 Å². The summed E-state index contributed by atoms with van der Waals surface area (Å²) in [5.41, 5.74) is 15.0. The minimum atomic E-state index is 0.880. The average molecular weight is 741 g/mol. The number of para-hydroxylation sites is 4. The predicted molar refractivity (Wildman–Crippen MR) is 241 cm³/mol. The van der Waals surface area contributed by atoms with Gasteiger partial charge in [0.25, 0.3) is 0 Å². The molecule has 0 unspecified atom stereocenters. The number of rotatable bonds is 4. The third-order valence-electron chi connectivity index (χ3n) is 12.1. The van der Waals surface area contributed by atoms with Gasteiger partial charge in [0.1, 0.15) is 22.3 Å². The van der Waals surface area contributed by atoms with Crippen LogP contribution in [-0.2, 0) is 0 Å². The molecule has 0 atom stereocenters. The van der Waals surface area contributed by atoms with Crippen molar-refractivity contribution in [2.45, 2.75) is 0 Å². The van der Waals surface area contributed by atoms with Crippen LogP contribution in [0, 0.1) is 0 Å². The zero-order valence-electron chi connectivity index (χ0n) is 31.2. The minimum Gasteiger partial charge on any atom is -0.456 e. The summed E-state index contributed by atoms with van der Waals surface area (Å²) in [5.74, 6) is 0. The Kier molecular flexibility index (Phi) is 6.41. The quantitative estimate of drug-likeness (QED) is 0.180. The van der Waals surface area contributed by atoms with E-state index in [9.17, 15) is 0 Å². The molecule has 0 N–H and O–H groups in total. The number of aromatic nitrogens is 2. The Bertz CT molecular complexity index is 3440. The molecule has 0 fully saturated rings. The van der Waals surface area contributed by atoms with Gasteiger partial charge in [-0.05, 0) is 95.1 Å². The summed E-state index contributed by atoms with van der Waals surface area (Å²) in [7, 11) is 0. The van der Waals surface area contributed by atoms with Gasteiger partial charge in [-0.1, -0.05) is 109 Å². The van der Waals surface area contributed by atoms with Gasteiger partial charge in [-0.25, -0.2) is 0 Å². The van der Waals surface area contributed by atoms with Crippen LogP contribution in [-0.4, -0.2) is 9.13 Å². The molecular formula is C54H32N2O2. The van der Waals surface area contributed by atoms with Crippen molar-refractivity contribution in [1.29, 1.82) is 0 Å². The molecule has 13 aromatic rings. The summed E-state index contributed by atoms with van der Waals surface area (Å²) in [6, 6.07) is 69.4. The topological polar surface area (TPSA) is 36.1 Å². The largest absolute Gasteiger partial charge is 0.456 e. The van der Waals surface area contributed by atoms with Crippen molar-refractivity contribution < 1.29 is 8.83 Å². The molecule has 0 radical (unpaired) electrons. The number of benzene rings is 9. The van der Waals surface area contributed by atoms with Crippen molar-refractivity contribution in [1.82, 2.24) is 9.13 Å². The smallest absolute Gasteiger partial charge is 0.137 e. The van der Waals surface area contributed by atoms with E-state index in [4.69, 9.17) is 8.83 Å². The van der Waals surface area contributed by atoms with E-state index in [2.05, 4.69) is 203 Å². The molecule has 0 saturated heterocycles. The lowest BCUT2D eigenvalue weighted by atomic mass is 9.99. The van der Waals surface area contributed by atoms with Crippen LogP contribution < -0.4 is 0 Å². The average Bonchev–Trinajstić information content (AvgIpc) is 4.03. The molecule has 4 aromatic heterocycles. The fourth-order valence-electron chi connectivity index (χ4n) is 9.43. The number of fused-ring (bicyclic) bond motifs is 12. The Labute approximate surface area is 332 Å². The van der Waals surface area contributed by atoms with Gasteiger partial charge in [0.2, 0.25) is 0 Å². The molecule has 0 aliphatic carbocycles. The molecular weight excluding hydrogens is 709 g/mol. The molecule has 9 aromatic carbocycles. The van der Waals surface area contributed by atoms with E-state index in [1.807, 2.05) is 0 Å². The maximum atomic E-state index is 6.58. The Morgan fingerprint density at radius 3 is 0.897 bits per heavy atom. The lowest BCUT2D eigenvalue weighted by Crippen LogP contribution is -1.93. The second-order valence-corrected chi connectivity index (χ2v) is 15.3. The van der Waals surface area contributed by atoms with Crippen LogP contribution in [0.1, 0.15) is 0 Å². The summed E-state index contributed by atoms with van der Waals surface area (Å²) in [6.45, 7) is 0. The molecule has 13 rings (SSSR count). The van der Waals surface area contributed by atoms with Crippen molar-refractivity contribution in [2.24, 2.45) is 0 Å². The van der Waals surface area contributed by atoms with Gasteiger partial charge in [-0.2, -0.15) is 0 Å². The molecule has 4 nitrogen and oxygen atoms in total. The third kappa shape index (κ3) is 4.51. The van der Waals surface area contributed by atoms with Crippen LogP contribution >= 0.6 is 0 Å². The molecule has 0 aliphatic heterocycles. The predicted octanol–water partition coefficient (Wildman–Crippen LogP) is 15.0. The van der Waals surface area contributed by atoms with Crippen LogP contribution in [0.15, 0.2) is 203 Å². The first-order chi connectivity index (χ1) is 28.7. The van der Waals surface area contributed by atoms with E-state index in [1.165, 1.54) is 43.6 Å². The number of hydrogen-bond acceptors (Lipinski definition) is 2. The van der Waals surface area contributed by atoms with Gasteiger partial charge in [0, 0.05) is 66.6 Å². The fourth-order valence-corrected chi connectivity index (χ4v) is 9.43. The molecule has 0 amide bonds. The molecule has 0 bridgehead atoms. The van der Waals surface area contributed by atoms with Gasteiger partial charge in [0.15, 0.2) is 0 Å².